The molecule has 11 aromatic rings. The predicted molar refractivity (Wildman–Crippen MR) is 302 cm³/mol. The molecule has 9 aromatic carbocycles. The zero-order valence-corrected chi connectivity index (χ0v) is 42.0. The molecule has 0 saturated heterocycles. The number of anilines is 4. The molecule has 13 rings (SSSR count). The fourth-order valence-corrected chi connectivity index (χ4v) is 11.3. The van der Waals surface area contributed by atoms with E-state index in [1.807, 2.05) is 35.0 Å². The molecular weight excluding hydrogens is 906 g/mol. The largest absolute Gasteiger partial charge is 0.508 e. The Morgan fingerprint density at radius 1 is 0.541 bits per heavy atom. The normalized spacial score (nSPS) is 12.6. The number of phenols is 1. The van der Waals surface area contributed by atoms with Crippen molar-refractivity contribution in [1.82, 2.24) is 9.55 Å². The van der Waals surface area contributed by atoms with E-state index >= 15 is 0 Å². The van der Waals surface area contributed by atoms with Gasteiger partial charge in [0.05, 0.1) is 28.1 Å². The first kappa shape index (κ1) is 44.8. The molecule has 356 valence electrons. The van der Waals surface area contributed by atoms with E-state index < -0.39 is 0 Å². The number of hydrogen-bond acceptors (Lipinski definition) is 5. The van der Waals surface area contributed by atoms with Gasteiger partial charge in [-0.25, -0.2) is 4.98 Å². The molecule has 0 atom stereocenters. The van der Waals surface area contributed by atoms with Gasteiger partial charge in [0.1, 0.15) is 17.3 Å². The monoisotopic (exact) mass is 957 g/mol. The molecule has 0 unspecified atom stereocenters. The summed E-state index contributed by atoms with van der Waals surface area (Å²) in [6.45, 7) is 10.8. The summed E-state index contributed by atoms with van der Waals surface area (Å²) in [5.41, 5.74) is 19.9. The van der Waals surface area contributed by atoms with Gasteiger partial charge in [0.2, 0.25) is 0 Å². The zero-order chi connectivity index (χ0) is 50.2. The number of benzene rings is 9. The van der Waals surface area contributed by atoms with E-state index in [-0.39, 0.29) is 18.1 Å². The highest BCUT2D eigenvalue weighted by atomic mass is 16.5. The van der Waals surface area contributed by atoms with Crippen molar-refractivity contribution >= 4 is 46.4 Å². The number of rotatable bonds is 7. The van der Waals surface area contributed by atoms with Crippen LogP contribution in [0.3, 0.4) is 0 Å². The number of nitrogens with zero attached hydrogens (tertiary/aromatic N) is 5. The Hall–Kier alpha value is -9.14. The van der Waals surface area contributed by atoms with Gasteiger partial charge in [0.25, 0.3) is 6.33 Å². The molecule has 2 aliphatic heterocycles. The maximum Gasteiger partial charge on any atom is 0.422 e. The molecule has 0 fully saturated rings. The van der Waals surface area contributed by atoms with Crippen LogP contribution >= 0.6 is 0 Å². The van der Waals surface area contributed by atoms with E-state index in [9.17, 15) is 5.11 Å². The molecule has 4 heterocycles. The molecule has 0 amide bonds. The van der Waals surface area contributed by atoms with Gasteiger partial charge in [-0.15, -0.1) is 0 Å². The highest BCUT2D eigenvalue weighted by Crippen LogP contribution is 2.50. The van der Waals surface area contributed by atoms with Crippen molar-refractivity contribution in [2.45, 2.75) is 40.0 Å². The van der Waals surface area contributed by atoms with Crippen LogP contribution in [0.1, 0.15) is 37.5 Å². The summed E-state index contributed by atoms with van der Waals surface area (Å²) in [7, 11) is 0. The second-order valence-electron chi connectivity index (χ2n) is 20.4. The zero-order valence-electron chi connectivity index (χ0n) is 42.0. The number of para-hydroxylation sites is 4. The minimum absolute atomic E-state index is 0.0103. The van der Waals surface area contributed by atoms with Crippen LogP contribution in [0.2, 0.25) is 0 Å². The SMILES string of the molecule is Cc1cccc(C)c1B1N(c2ccccc2)c2ccc(Oc3cccc(-n4[c-][n+]5c6c(cccc64)-c4ccccc4-c4ccccc4-c4cccc(-c6ccccc6)c4-5)c3O)cc2N1c1cc(C(C)(C)C)ccn1. The van der Waals surface area contributed by atoms with Crippen molar-refractivity contribution in [1.29, 1.82) is 0 Å². The Kier molecular flexibility index (Phi) is 10.6. The minimum atomic E-state index is -0.272. The highest BCUT2D eigenvalue weighted by Gasteiger charge is 2.46. The number of hydrogen-bond donors (Lipinski definition) is 1. The molecule has 74 heavy (non-hydrogen) atoms. The van der Waals surface area contributed by atoms with E-state index in [1.54, 1.807) is 0 Å². The van der Waals surface area contributed by atoms with Gasteiger partial charge >= 0.3 is 6.98 Å². The summed E-state index contributed by atoms with van der Waals surface area (Å²) in [6.07, 6.45) is 5.75. The summed E-state index contributed by atoms with van der Waals surface area (Å²) >= 11 is 0. The summed E-state index contributed by atoms with van der Waals surface area (Å²) in [5.74, 6) is 1.71. The molecule has 2 aromatic heterocycles. The highest BCUT2D eigenvalue weighted by molar-refractivity contribution is 6.85. The van der Waals surface area contributed by atoms with Crippen molar-refractivity contribution in [2.75, 3.05) is 9.62 Å². The van der Waals surface area contributed by atoms with E-state index in [4.69, 9.17) is 9.72 Å². The van der Waals surface area contributed by atoms with E-state index in [1.165, 1.54) is 22.2 Å². The Labute approximate surface area is 432 Å². The molecule has 0 saturated carbocycles. The van der Waals surface area contributed by atoms with Crippen LogP contribution in [0.25, 0.3) is 66.9 Å². The lowest BCUT2D eigenvalue weighted by molar-refractivity contribution is -0.570. The topological polar surface area (TPSA) is 57.6 Å². The predicted octanol–water partition coefficient (Wildman–Crippen LogP) is 15.2. The number of imidazole rings is 1. The number of ether oxygens (including phenoxy) is 1. The van der Waals surface area contributed by atoms with Gasteiger partial charge < -0.3 is 19.5 Å². The molecule has 7 nitrogen and oxygen atoms in total. The van der Waals surface area contributed by atoms with Crippen LogP contribution in [0, 0.1) is 20.2 Å². The maximum absolute atomic E-state index is 12.7. The first-order valence-corrected chi connectivity index (χ1v) is 25.3. The summed E-state index contributed by atoms with van der Waals surface area (Å²) in [5, 5.41) is 12.7. The lowest BCUT2D eigenvalue weighted by Crippen LogP contribution is -2.55. The number of phenolic OH excluding ortho intramolecular Hbond substituents is 1. The Morgan fingerprint density at radius 3 is 1.85 bits per heavy atom. The third-order valence-corrected chi connectivity index (χ3v) is 14.8. The van der Waals surface area contributed by atoms with Gasteiger partial charge in [0.15, 0.2) is 11.5 Å². The number of aromatic nitrogens is 3. The molecule has 0 bridgehead atoms. The average Bonchev–Trinajstić information content (AvgIpc) is 3.99. The van der Waals surface area contributed by atoms with Crippen molar-refractivity contribution in [3.8, 4) is 73.1 Å². The second-order valence-corrected chi connectivity index (χ2v) is 20.4. The van der Waals surface area contributed by atoms with Crippen LogP contribution in [-0.4, -0.2) is 21.6 Å². The smallest absolute Gasteiger partial charge is 0.422 e. The number of fused-ring (bicyclic) bond motifs is 8. The van der Waals surface area contributed by atoms with E-state index in [0.29, 0.717) is 17.2 Å². The fraction of sp³-hybridized carbons (Fsp3) is 0.0909. The molecule has 0 spiro atoms. The van der Waals surface area contributed by atoms with Crippen LogP contribution in [0.5, 0.6) is 17.2 Å². The first-order chi connectivity index (χ1) is 36.1. The standard InChI is InChI=1S/C66H52BN5O2/c1-43-20-16-21-44(2)62(43)67-71(47-24-10-7-11-25-47)56-37-36-48(41-59(56)72(67)61-40-46(38-39-68-61)66(3,4)5)74-60-35-19-34-58(65(60)73)69-42-70-63-49(45-22-8-6-9-23-45)30-17-31-54(63)52-28-14-12-26-50(52)51-27-13-15-29-53(51)55-32-18-33-57(69)64(55)70/h6-41,73H,1-5H3. The quantitative estimate of drug-likeness (QED) is 0.0980. The summed E-state index contributed by atoms with van der Waals surface area (Å²) in [4.78, 5) is 9.86. The lowest BCUT2D eigenvalue weighted by atomic mass is 9.61. The van der Waals surface area contributed by atoms with Crippen molar-refractivity contribution < 1.29 is 14.4 Å². The Morgan fingerprint density at radius 2 is 1.14 bits per heavy atom. The van der Waals surface area contributed by atoms with Crippen LogP contribution in [0.15, 0.2) is 219 Å². The van der Waals surface area contributed by atoms with E-state index in [0.717, 1.165) is 84.1 Å². The number of aryl methyl sites for hydroxylation is 2. The number of aromatic hydroxyl groups is 1. The van der Waals surface area contributed by atoms with Gasteiger partial charge in [-0.2, -0.15) is 0 Å². The molecular formula is C66H52BN5O2. The third kappa shape index (κ3) is 7.27. The third-order valence-electron chi connectivity index (χ3n) is 14.8. The van der Waals surface area contributed by atoms with Crippen molar-refractivity contribution in [3.05, 3.63) is 242 Å². The Bertz CT molecular complexity index is 3970. The number of pyridine rings is 1. The maximum atomic E-state index is 12.7. The fourth-order valence-electron chi connectivity index (χ4n) is 11.3. The van der Waals surface area contributed by atoms with Gasteiger partial charge in [0, 0.05) is 18.0 Å². The molecule has 1 N–H and O–H groups in total. The average molecular weight is 958 g/mol. The van der Waals surface area contributed by atoms with Crippen molar-refractivity contribution in [2.24, 2.45) is 0 Å². The summed E-state index contributed by atoms with van der Waals surface area (Å²) < 4.78 is 11.1. The molecule has 0 radical (unpaired) electrons. The molecule has 8 heteroatoms. The molecule has 0 aliphatic carbocycles. The molecule has 2 aliphatic rings. The minimum Gasteiger partial charge on any atom is -0.508 e. The Balaban J connectivity index is 0.989. The van der Waals surface area contributed by atoms with Crippen LogP contribution in [-0.2, 0) is 5.41 Å². The van der Waals surface area contributed by atoms with Gasteiger partial charge in [-0.05, 0) is 123 Å². The van der Waals surface area contributed by atoms with Gasteiger partial charge in [-0.3, -0.25) is 9.13 Å². The summed E-state index contributed by atoms with van der Waals surface area (Å²) in [6, 6.07) is 74.2. The van der Waals surface area contributed by atoms with Crippen LogP contribution in [0.4, 0.5) is 22.9 Å². The lowest BCUT2D eigenvalue weighted by Gasteiger charge is -2.32. The van der Waals surface area contributed by atoms with Crippen LogP contribution < -0.4 is 24.4 Å². The van der Waals surface area contributed by atoms with Crippen molar-refractivity contribution in [3.63, 3.8) is 0 Å². The van der Waals surface area contributed by atoms with E-state index in [2.05, 4.69) is 243 Å². The first-order valence-electron chi connectivity index (χ1n) is 25.3. The second kappa shape index (κ2) is 17.6. The van der Waals surface area contributed by atoms with Gasteiger partial charge in [-0.1, -0.05) is 190 Å².